The number of hydroxylamine groups is 1. The van der Waals surface area contributed by atoms with Gasteiger partial charge in [0.2, 0.25) is 0 Å². The predicted molar refractivity (Wildman–Crippen MR) is 215 cm³/mol. The summed E-state index contributed by atoms with van der Waals surface area (Å²) in [5, 5.41) is 2.86. The molecule has 0 saturated heterocycles. The molecule has 5 rings (SSSR count). The van der Waals surface area contributed by atoms with Crippen LogP contribution < -0.4 is 10.8 Å². The minimum Gasteiger partial charge on any atom is -0.437 e. The van der Waals surface area contributed by atoms with E-state index in [1.807, 2.05) is 37.4 Å². The topological polar surface area (TPSA) is 144 Å². The average molecular weight is 789 g/mol. The average Bonchev–Trinajstić information content (AvgIpc) is 3.49. The van der Waals surface area contributed by atoms with Gasteiger partial charge in [0.15, 0.2) is 16.6 Å². The van der Waals surface area contributed by atoms with Crippen molar-refractivity contribution in [2.24, 2.45) is 0 Å². The fourth-order valence-corrected chi connectivity index (χ4v) is 21.3. The Morgan fingerprint density at radius 3 is 1.65 bits per heavy atom. The smallest absolute Gasteiger partial charge is 0.311 e. The highest BCUT2D eigenvalue weighted by Gasteiger charge is 2.41. The Kier molecular flexibility index (Phi) is 12.7. The molecule has 15 heteroatoms. The first-order valence-corrected chi connectivity index (χ1v) is 27.6. The van der Waals surface area contributed by atoms with Gasteiger partial charge in [-0.1, -0.05) is 25.1 Å². The molecule has 0 unspecified atom stereocenters. The lowest BCUT2D eigenvalue weighted by Gasteiger charge is -2.39. The number of amides is 5. The van der Waals surface area contributed by atoms with Crippen LogP contribution >= 0.6 is 0 Å². The van der Waals surface area contributed by atoms with Crippen LogP contribution in [0.5, 0.6) is 0 Å². The van der Waals surface area contributed by atoms with Crippen LogP contribution in [0, 0.1) is 0 Å². The first kappa shape index (κ1) is 41.1. The SMILES string of the molecule is CCc1ccc(NC(=O)c2ccc3c(c2)C(=O)N(CCC[Si](C)(C)O[Si](C)(C)O[Si](C)(C)CCCN2C(=O)c4ccc(CONC)cc4C2=O)C3=O)cc1. The van der Waals surface area contributed by atoms with Gasteiger partial charge in [-0.3, -0.25) is 38.6 Å². The largest absolute Gasteiger partial charge is 0.437 e. The molecule has 2 aliphatic heterocycles. The van der Waals surface area contributed by atoms with E-state index in [4.69, 9.17) is 13.1 Å². The van der Waals surface area contributed by atoms with Crippen LogP contribution in [0.15, 0.2) is 60.7 Å². The standard InChI is InChI=1S/C39H52N4O8Si3/c1-9-27-12-16-30(17-13-27)41-35(44)29-15-19-32-34(25-29)39(48)43(37(32)46)21-11-23-53(5,6)51-54(7,8)50-52(3,4)22-10-20-42-36(45)31-18-14-28(26-49-40-2)24-33(31)38(42)47/h12-19,24-25,40H,9-11,20-23,26H2,1-8H3,(H,41,44). The fraction of sp³-hybridized carbons (Fsp3) is 0.410. The zero-order valence-electron chi connectivity index (χ0n) is 32.6. The monoisotopic (exact) mass is 788 g/mol. The molecule has 0 radical (unpaired) electrons. The Balaban J connectivity index is 1.09. The van der Waals surface area contributed by atoms with Crippen LogP contribution in [-0.4, -0.2) is 84.7 Å². The summed E-state index contributed by atoms with van der Waals surface area (Å²) in [6.45, 7) is 15.5. The molecule has 3 aromatic carbocycles. The van der Waals surface area contributed by atoms with E-state index in [1.165, 1.54) is 15.9 Å². The minimum absolute atomic E-state index is 0.239. The van der Waals surface area contributed by atoms with E-state index in [0.717, 1.165) is 29.6 Å². The van der Waals surface area contributed by atoms with Gasteiger partial charge >= 0.3 is 8.56 Å². The van der Waals surface area contributed by atoms with Crippen LogP contribution in [0.4, 0.5) is 5.69 Å². The molecule has 0 fully saturated rings. The van der Waals surface area contributed by atoms with E-state index in [0.29, 0.717) is 47.3 Å². The first-order valence-electron chi connectivity index (χ1n) is 18.5. The number of carbonyl (C=O) groups is 5. The van der Waals surface area contributed by atoms with Gasteiger partial charge in [0.1, 0.15) is 0 Å². The maximum atomic E-state index is 13.4. The quantitative estimate of drug-likeness (QED) is 0.0794. The highest BCUT2D eigenvalue weighted by atomic mass is 28.5. The number of carbonyl (C=O) groups excluding carboxylic acids is 5. The molecule has 3 aromatic rings. The molecule has 2 heterocycles. The van der Waals surface area contributed by atoms with E-state index in [-0.39, 0.29) is 42.3 Å². The Morgan fingerprint density at radius 1 is 0.648 bits per heavy atom. The zero-order valence-corrected chi connectivity index (χ0v) is 35.6. The van der Waals surface area contributed by atoms with E-state index in [1.54, 1.807) is 37.4 Å². The van der Waals surface area contributed by atoms with Gasteiger partial charge in [0.05, 0.1) is 28.9 Å². The second-order valence-electron chi connectivity index (χ2n) is 15.5. The zero-order chi connectivity index (χ0) is 39.4. The van der Waals surface area contributed by atoms with Crippen LogP contribution in [-0.2, 0) is 26.1 Å². The van der Waals surface area contributed by atoms with Gasteiger partial charge in [0.25, 0.3) is 29.5 Å². The molecule has 0 spiro atoms. The molecule has 12 nitrogen and oxygen atoms in total. The molecule has 2 N–H and O–H groups in total. The van der Waals surface area contributed by atoms with Crippen molar-refractivity contribution in [3.05, 3.63) is 99.6 Å². The summed E-state index contributed by atoms with van der Waals surface area (Å²) in [7, 11) is -5.45. The van der Waals surface area contributed by atoms with Crippen LogP contribution in [0.1, 0.15) is 82.7 Å². The van der Waals surface area contributed by atoms with Crippen molar-refractivity contribution in [1.82, 2.24) is 15.3 Å². The van der Waals surface area contributed by atoms with Crippen molar-refractivity contribution < 1.29 is 37.0 Å². The van der Waals surface area contributed by atoms with Crippen molar-refractivity contribution in [1.29, 1.82) is 0 Å². The van der Waals surface area contributed by atoms with Crippen molar-refractivity contribution in [3.63, 3.8) is 0 Å². The molecular weight excluding hydrogens is 737 g/mol. The third kappa shape index (κ3) is 9.76. The van der Waals surface area contributed by atoms with Crippen molar-refractivity contribution >= 4 is 60.4 Å². The molecule has 0 bridgehead atoms. The van der Waals surface area contributed by atoms with Gasteiger partial charge in [-0.2, -0.15) is 0 Å². The molecule has 54 heavy (non-hydrogen) atoms. The first-order chi connectivity index (χ1) is 25.4. The second-order valence-corrected chi connectivity index (χ2v) is 28.0. The number of rotatable bonds is 18. The van der Waals surface area contributed by atoms with Gasteiger partial charge in [-0.05, 0) is 124 Å². The Labute approximate surface area is 321 Å². The number of hydrogen-bond donors (Lipinski definition) is 2. The molecule has 0 atom stereocenters. The molecule has 5 amide bonds. The molecule has 2 aliphatic rings. The Hall–Kier alpha value is -4.10. The maximum absolute atomic E-state index is 13.4. The van der Waals surface area contributed by atoms with Crippen LogP contribution in [0.25, 0.3) is 0 Å². The molecule has 0 saturated carbocycles. The minimum atomic E-state index is -2.59. The van der Waals surface area contributed by atoms with E-state index in [2.05, 4.69) is 43.9 Å². The number of hydrogen-bond acceptors (Lipinski definition) is 9. The molecular formula is C39H52N4O8Si3. The summed E-state index contributed by atoms with van der Waals surface area (Å²) in [4.78, 5) is 73.5. The lowest BCUT2D eigenvalue weighted by atomic mass is 10.1. The number of nitrogens with zero attached hydrogens (tertiary/aromatic N) is 2. The van der Waals surface area contributed by atoms with Gasteiger partial charge in [0, 0.05) is 31.4 Å². The number of anilines is 1. The molecule has 0 aromatic heterocycles. The summed E-state index contributed by atoms with van der Waals surface area (Å²) >= 11 is 0. The van der Waals surface area contributed by atoms with Crippen LogP contribution in [0.2, 0.25) is 51.4 Å². The number of imide groups is 2. The van der Waals surface area contributed by atoms with Crippen molar-refractivity contribution in [2.45, 2.75) is 84.2 Å². The highest BCUT2D eigenvalue weighted by Crippen LogP contribution is 2.30. The lowest BCUT2D eigenvalue weighted by molar-refractivity contribution is 0.0444. The summed E-state index contributed by atoms with van der Waals surface area (Å²) in [6, 6.07) is 18.9. The number of aryl methyl sites for hydroxylation is 1. The normalized spacial score (nSPS) is 14.6. The van der Waals surface area contributed by atoms with Crippen molar-refractivity contribution in [2.75, 3.05) is 25.5 Å². The van der Waals surface area contributed by atoms with Gasteiger partial charge in [-0.15, -0.1) is 0 Å². The Morgan fingerprint density at radius 2 is 1.13 bits per heavy atom. The fourth-order valence-electron chi connectivity index (χ4n) is 7.23. The van der Waals surface area contributed by atoms with Gasteiger partial charge < -0.3 is 13.5 Å². The maximum Gasteiger partial charge on any atom is 0.311 e. The summed E-state index contributed by atoms with van der Waals surface area (Å²) in [5.41, 5.74) is 6.92. The van der Waals surface area contributed by atoms with E-state index in [9.17, 15) is 24.0 Å². The van der Waals surface area contributed by atoms with Crippen molar-refractivity contribution in [3.8, 4) is 0 Å². The predicted octanol–water partition coefficient (Wildman–Crippen LogP) is 6.97. The molecule has 288 valence electrons. The second kappa shape index (κ2) is 16.7. The summed E-state index contributed by atoms with van der Waals surface area (Å²) in [6.07, 6.45) is 2.11. The third-order valence-electron chi connectivity index (χ3n) is 9.64. The van der Waals surface area contributed by atoms with E-state index < -0.39 is 31.1 Å². The number of nitrogens with one attached hydrogen (secondary N) is 2. The highest BCUT2D eigenvalue weighted by molar-refractivity contribution is 6.87. The van der Waals surface area contributed by atoms with Gasteiger partial charge in [-0.25, -0.2) is 5.48 Å². The van der Waals surface area contributed by atoms with E-state index >= 15 is 0 Å². The molecule has 0 aliphatic carbocycles. The lowest BCUT2D eigenvalue weighted by Crippen LogP contribution is -2.52. The summed E-state index contributed by atoms with van der Waals surface area (Å²) < 4.78 is 13.5. The third-order valence-corrected chi connectivity index (χ3v) is 21.1. The number of benzene rings is 3. The Bertz CT molecular complexity index is 1930. The summed E-state index contributed by atoms with van der Waals surface area (Å²) in [5.74, 6) is -1.65. The van der Waals surface area contributed by atoms with Crippen LogP contribution in [0.3, 0.4) is 0 Å². The number of fused-ring (bicyclic) bond motifs is 2.